The van der Waals surface area contributed by atoms with Gasteiger partial charge in [-0.3, -0.25) is 19.4 Å². The first kappa shape index (κ1) is 19.1. The van der Waals surface area contributed by atoms with Crippen LogP contribution in [0.5, 0.6) is 0 Å². The molecule has 1 atom stereocenters. The highest BCUT2D eigenvalue weighted by atomic mass is 32.1. The van der Waals surface area contributed by atoms with E-state index in [0.29, 0.717) is 5.91 Å². The van der Waals surface area contributed by atoms with Crippen molar-refractivity contribution in [3.63, 3.8) is 0 Å². The van der Waals surface area contributed by atoms with Crippen LogP contribution in [0.4, 0.5) is 0 Å². The number of Topliss-reactive ketones (excluding diaryl/α,β-unsaturated/α-hetero) is 1. The monoisotopic (exact) mass is 391 g/mol. The number of thiophene rings is 1. The molecule has 7 heteroatoms. The molecule has 3 aliphatic heterocycles. The smallest absolute Gasteiger partial charge is 0.230 e. The topological polar surface area (TPSA) is 53.1 Å². The second-order valence-corrected chi connectivity index (χ2v) is 9.02. The van der Waals surface area contributed by atoms with Crippen molar-refractivity contribution in [3.05, 3.63) is 21.9 Å². The molecule has 1 aromatic heterocycles. The highest BCUT2D eigenvalue weighted by molar-refractivity contribution is 7.12. The predicted molar refractivity (Wildman–Crippen MR) is 105 cm³/mol. The van der Waals surface area contributed by atoms with Gasteiger partial charge in [0.2, 0.25) is 5.91 Å². The van der Waals surface area contributed by atoms with Crippen LogP contribution in [0.1, 0.15) is 35.0 Å². The van der Waals surface area contributed by atoms with E-state index in [2.05, 4.69) is 20.1 Å². The summed E-state index contributed by atoms with van der Waals surface area (Å²) in [6.07, 6.45) is 1.94. The summed E-state index contributed by atoms with van der Waals surface area (Å²) in [5, 5.41) is 2.08. The van der Waals surface area contributed by atoms with E-state index in [1.54, 1.807) is 6.92 Å². The molecule has 0 radical (unpaired) electrons. The third kappa shape index (κ3) is 4.11. The van der Waals surface area contributed by atoms with Crippen LogP contribution in [-0.4, -0.2) is 85.4 Å². The molecule has 0 aromatic carbocycles. The third-order valence-electron chi connectivity index (χ3n) is 6.23. The average Bonchev–Trinajstić information content (AvgIpc) is 3.37. The quantitative estimate of drug-likeness (QED) is 0.691. The Morgan fingerprint density at radius 2 is 1.93 bits per heavy atom. The molecule has 148 valence electrons. The van der Waals surface area contributed by atoms with E-state index in [-0.39, 0.29) is 11.2 Å². The van der Waals surface area contributed by atoms with Gasteiger partial charge < -0.3 is 9.64 Å². The number of morpholine rings is 1. The Balaban J connectivity index is 1.30. The fourth-order valence-electron chi connectivity index (χ4n) is 4.57. The van der Waals surface area contributed by atoms with E-state index >= 15 is 0 Å². The number of carbonyl (C=O) groups is 2. The molecule has 6 nitrogen and oxygen atoms in total. The Labute approximate surface area is 165 Å². The molecule has 1 aromatic rings. The lowest BCUT2D eigenvalue weighted by molar-refractivity contribution is -0.135. The van der Waals surface area contributed by atoms with E-state index in [1.807, 2.05) is 6.07 Å². The van der Waals surface area contributed by atoms with Crippen LogP contribution in [0.15, 0.2) is 11.4 Å². The minimum atomic E-state index is -0.176. The van der Waals surface area contributed by atoms with Gasteiger partial charge in [0.25, 0.3) is 0 Å². The van der Waals surface area contributed by atoms with Crippen molar-refractivity contribution in [2.45, 2.75) is 26.3 Å². The molecule has 3 fully saturated rings. The van der Waals surface area contributed by atoms with Gasteiger partial charge in [-0.05, 0) is 43.3 Å². The molecule has 0 N–H and O–H groups in total. The molecule has 3 aliphatic rings. The van der Waals surface area contributed by atoms with E-state index in [1.165, 1.54) is 16.9 Å². The molecule has 0 bridgehead atoms. The number of rotatable bonds is 6. The Morgan fingerprint density at radius 1 is 1.15 bits per heavy atom. The van der Waals surface area contributed by atoms with Crippen LogP contribution in [-0.2, 0) is 16.1 Å². The number of hydrogen-bond donors (Lipinski definition) is 0. The summed E-state index contributed by atoms with van der Waals surface area (Å²) in [5.74, 6) is 0.485. The highest BCUT2D eigenvalue weighted by Crippen LogP contribution is 2.41. The van der Waals surface area contributed by atoms with Gasteiger partial charge in [0.05, 0.1) is 23.5 Å². The third-order valence-corrected chi connectivity index (χ3v) is 7.31. The maximum Gasteiger partial charge on any atom is 0.230 e. The summed E-state index contributed by atoms with van der Waals surface area (Å²) < 4.78 is 5.40. The molecule has 3 saturated heterocycles. The molecule has 4 heterocycles. The van der Waals surface area contributed by atoms with Crippen molar-refractivity contribution in [3.8, 4) is 0 Å². The van der Waals surface area contributed by atoms with Crippen molar-refractivity contribution in [2.75, 3.05) is 59.0 Å². The SMILES string of the molecule is CC(=O)c1cc(CN2CCC3(CCN(CCN4CCOCC4)C3=O)C2)cs1. The lowest BCUT2D eigenvalue weighted by Gasteiger charge is -2.29. The predicted octanol–water partition coefficient (Wildman–Crippen LogP) is 1.71. The second-order valence-electron chi connectivity index (χ2n) is 8.11. The van der Waals surface area contributed by atoms with Crippen molar-refractivity contribution in [2.24, 2.45) is 5.41 Å². The number of nitrogens with zero attached hydrogens (tertiary/aromatic N) is 3. The van der Waals surface area contributed by atoms with Gasteiger partial charge in [-0.1, -0.05) is 0 Å². The molecule has 27 heavy (non-hydrogen) atoms. The zero-order chi connectivity index (χ0) is 18.9. The summed E-state index contributed by atoms with van der Waals surface area (Å²) in [4.78, 5) is 32.3. The molecular weight excluding hydrogens is 362 g/mol. The van der Waals surface area contributed by atoms with Gasteiger partial charge >= 0.3 is 0 Å². The largest absolute Gasteiger partial charge is 0.379 e. The Kier molecular flexibility index (Phi) is 5.64. The van der Waals surface area contributed by atoms with Crippen molar-refractivity contribution < 1.29 is 14.3 Å². The minimum absolute atomic E-state index is 0.131. The highest BCUT2D eigenvalue weighted by Gasteiger charge is 2.50. The molecular formula is C20H29N3O3S. The lowest BCUT2D eigenvalue weighted by atomic mass is 9.85. The zero-order valence-corrected chi connectivity index (χ0v) is 16.9. The van der Waals surface area contributed by atoms with E-state index < -0.39 is 0 Å². The van der Waals surface area contributed by atoms with Gasteiger partial charge in [-0.15, -0.1) is 11.3 Å². The lowest BCUT2D eigenvalue weighted by Crippen LogP contribution is -2.43. The van der Waals surface area contributed by atoms with Crippen LogP contribution >= 0.6 is 11.3 Å². The van der Waals surface area contributed by atoms with Gasteiger partial charge in [0, 0.05) is 45.8 Å². The standard InChI is InChI=1S/C20H29N3O3S/c1-16(24)18-12-17(14-27-18)13-22-4-2-20(15-22)3-5-23(19(20)25)7-6-21-8-10-26-11-9-21/h12,14H,2-11,13,15H2,1H3. The Hall–Kier alpha value is -1.28. The molecule has 1 spiro atoms. The first-order valence-corrected chi connectivity index (χ1v) is 10.8. The fourth-order valence-corrected chi connectivity index (χ4v) is 5.37. The maximum atomic E-state index is 13.1. The first-order chi connectivity index (χ1) is 13.1. The minimum Gasteiger partial charge on any atom is -0.379 e. The molecule has 1 unspecified atom stereocenters. The molecule has 1 amide bonds. The number of carbonyl (C=O) groups excluding carboxylic acids is 2. The number of amides is 1. The Bertz CT molecular complexity index is 700. The second kappa shape index (κ2) is 7.99. The van der Waals surface area contributed by atoms with Crippen LogP contribution in [0.2, 0.25) is 0 Å². The van der Waals surface area contributed by atoms with Crippen molar-refractivity contribution in [1.29, 1.82) is 0 Å². The first-order valence-electron chi connectivity index (χ1n) is 9.96. The van der Waals surface area contributed by atoms with Gasteiger partial charge in [-0.25, -0.2) is 0 Å². The molecule has 4 rings (SSSR count). The fraction of sp³-hybridized carbons (Fsp3) is 0.700. The average molecular weight is 392 g/mol. The van der Waals surface area contributed by atoms with Crippen LogP contribution < -0.4 is 0 Å². The van der Waals surface area contributed by atoms with E-state index in [0.717, 1.165) is 83.3 Å². The van der Waals surface area contributed by atoms with E-state index in [9.17, 15) is 9.59 Å². The van der Waals surface area contributed by atoms with Gasteiger partial charge in [-0.2, -0.15) is 0 Å². The van der Waals surface area contributed by atoms with Crippen molar-refractivity contribution >= 4 is 23.0 Å². The molecule has 0 aliphatic carbocycles. The van der Waals surface area contributed by atoms with Crippen molar-refractivity contribution in [1.82, 2.24) is 14.7 Å². The summed E-state index contributed by atoms with van der Waals surface area (Å²) in [5.41, 5.74) is 1.02. The van der Waals surface area contributed by atoms with E-state index in [4.69, 9.17) is 4.74 Å². The van der Waals surface area contributed by atoms with Crippen LogP contribution in [0.3, 0.4) is 0 Å². The van der Waals surface area contributed by atoms with Gasteiger partial charge in [0.1, 0.15) is 0 Å². The normalized spacial score (nSPS) is 27.1. The number of ketones is 1. The molecule has 0 saturated carbocycles. The summed E-state index contributed by atoms with van der Waals surface area (Å²) in [6.45, 7) is 10.5. The summed E-state index contributed by atoms with van der Waals surface area (Å²) in [6, 6.07) is 2.00. The zero-order valence-electron chi connectivity index (χ0n) is 16.1. The van der Waals surface area contributed by atoms with Crippen LogP contribution in [0, 0.1) is 5.41 Å². The van der Waals surface area contributed by atoms with Crippen LogP contribution in [0.25, 0.3) is 0 Å². The maximum absolute atomic E-state index is 13.1. The summed E-state index contributed by atoms with van der Waals surface area (Å²) >= 11 is 1.52. The number of likely N-dealkylation sites (tertiary alicyclic amines) is 2. The Morgan fingerprint density at radius 3 is 2.67 bits per heavy atom. The number of ether oxygens (including phenoxy) is 1. The summed E-state index contributed by atoms with van der Waals surface area (Å²) in [7, 11) is 0. The van der Waals surface area contributed by atoms with Gasteiger partial charge in [0.15, 0.2) is 5.78 Å². The number of hydrogen-bond acceptors (Lipinski definition) is 6.